The van der Waals surface area contributed by atoms with Gasteiger partial charge in [-0.15, -0.1) is 0 Å². The molecule has 5 nitrogen and oxygen atoms in total. The average molecular weight is 304 g/mol. The van der Waals surface area contributed by atoms with E-state index in [-0.39, 0.29) is 6.10 Å². The Labute approximate surface area is 133 Å². The van der Waals surface area contributed by atoms with E-state index in [2.05, 4.69) is 21.8 Å². The first-order valence-electron chi connectivity index (χ1n) is 8.83. The molecule has 2 heterocycles. The summed E-state index contributed by atoms with van der Waals surface area (Å²) in [7, 11) is 0. The molecule has 0 bridgehead atoms. The van der Waals surface area contributed by atoms with Gasteiger partial charge in [-0.05, 0) is 51.4 Å². The lowest BCUT2D eigenvalue weighted by Crippen LogP contribution is -2.40. The number of nitrogen functional groups attached to an aromatic ring is 1. The number of anilines is 2. The topological polar surface area (TPSA) is 64.3 Å². The van der Waals surface area contributed by atoms with Crippen molar-refractivity contribution in [2.75, 3.05) is 17.2 Å². The van der Waals surface area contributed by atoms with Crippen molar-refractivity contribution in [1.29, 1.82) is 0 Å². The Balaban J connectivity index is 1.78. The summed E-state index contributed by atoms with van der Waals surface area (Å²) in [5.74, 6) is 1.45. The number of aromatic nitrogens is 2. The molecular formula is C17H28N4O. The number of nitrogens with zero attached hydrogens (tertiary/aromatic N) is 3. The second kappa shape index (κ2) is 7.16. The van der Waals surface area contributed by atoms with Gasteiger partial charge in [0, 0.05) is 12.6 Å². The van der Waals surface area contributed by atoms with Crippen molar-refractivity contribution in [3.8, 4) is 5.88 Å². The normalized spacial score (nSPS) is 23.5. The van der Waals surface area contributed by atoms with Gasteiger partial charge in [0.25, 0.3) is 0 Å². The standard InChI is InChI=1S/C17H28N4O/c1-2-13-8-6-7-11-21(13)16-15(18)17(20-12-19-16)22-14-9-4-3-5-10-14/h12-14H,2-11,18H2,1H3. The highest BCUT2D eigenvalue weighted by Crippen LogP contribution is 2.34. The molecule has 22 heavy (non-hydrogen) atoms. The van der Waals surface area contributed by atoms with Crippen molar-refractivity contribution in [3.63, 3.8) is 0 Å². The van der Waals surface area contributed by atoms with E-state index in [4.69, 9.17) is 10.5 Å². The van der Waals surface area contributed by atoms with Gasteiger partial charge < -0.3 is 15.4 Å². The molecule has 1 saturated heterocycles. The van der Waals surface area contributed by atoms with Gasteiger partial charge in [-0.3, -0.25) is 0 Å². The fourth-order valence-electron chi connectivity index (χ4n) is 3.74. The highest BCUT2D eigenvalue weighted by molar-refractivity contribution is 5.68. The van der Waals surface area contributed by atoms with Crippen molar-refractivity contribution < 1.29 is 4.74 Å². The number of piperidine rings is 1. The Hall–Kier alpha value is -1.52. The number of rotatable bonds is 4. The number of hydrogen-bond acceptors (Lipinski definition) is 5. The molecule has 1 unspecified atom stereocenters. The molecule has 0 aromatic carbocycles. The van der Waals surface area contributed by atoms with Crippen LogP contribution in [0.1, 0.15) is 64.7 Å². The summed E-state index contributed by atoms with van der Waals surface area (Å²) in [5, 5.41) is 0. The molecule has 3 rings (SSSR count). The zero-order valence-electron chi connectivity index (χ0n) is 13.6. The Morgan fingerprint density at radius 1 is 1.14 bits per heavy atom. The van der Waals surface area contributed by atoms with Crippen LogP contribution in [0.2, 0.25) is 0 Å². The van der Waals surface area contributed by atoms with Crippen LogP contribution in [-0.4, -0.2) is 28.7 Å². The Bertz CT molecular complexity index is 488. The molecular weight excluding hydrogens is 276 g/mol. The summed E-state index contributed by atoms with van der Waals surface area (Å²) >= 11 is 0. The van der Waals surface area contributed by atoms with E-state index in [0.29, 0.717) is 17.6 Å². The quantitative estimate of drug-likeness (QED) is 0.921. The van der Waals surface area contributed by atoms with Crippen LogP contribution < -0.4 is 15.4 Å². The van der Waals surface area contributed by atoms with Crippen molar-refractivity contribution in [3.05, 3.63) is 6.33 Å². The van der Waals surface area contributed by atoms with E-state index in [1.54, 1.807) is 6.33 Å². The van der Waals surface area contributed by atoms with Crippen LogP contribution in [0.15, 0.2) is 6.33 Å². The molecule has 1 aliphatic heterocycles. The predicted molar refractivity (Wildman–Crippen MR) is 89.2 cm³/mol. The lowest BCUT2D eigenvalue weighted by molar-refractivity contribution is 0.149. The first kappa shape index (κ1) is 15.4. The van der Waals surface area contributed by atoms with Crippen LogP contribution in [0.25, 0.3) is 0 Å². The summed E-state index contributed by atoms with van der Waals surface area (Å²) in [5.41, 5.74) is 6.98. The molecule has 5 heteroatoms. The van der Waals surface area contributed by atoms with Gasteiger partial charge in [0.2, 0.25) is 5.88 Å². The smallest absolute Gasteiger partial charge is 0.242 e. The fourth-order valence-corrected chi connectivity index (χ4v) is 3.74. The minimum Gasteiger partial charge on any atom is -0.473 e. The van der Waals surface area contributed by atoms with E-state index in [1.807, 2.05) is 0 Å². The summed E-state index contributed by atoms with van der Waals surface area (Å²) in [6.45, 7) is 3.27. The van der Waals surface area contributed by atoms with E-state index in [1.165, 1.54) is 38.5 Å². The van der Waals surface area contributed by atoms with Gasteiger partial charge in [-0.25, -0.2) is 4.98 Å². The van der Waals surface area contributed by atoms with Crippen molar-refractivity contribution in [2.45, 2.75) is 76.9 Å². The average Bonchev–Trinajstić information content (AvgIpc) is 2.58. The van der Waals surface area contributed by atoms with E-state index in [0.717, 1.165) is 31.6 Å². The first-order chi connectivity index (χ1) is 10.8. The molecule has 122 valence electrons. The zero-order chi connectivity index (χ0) is 15.4. The molecule has 0 radical (unpaired) electrons. The van der Waals surface area contributed by atoms with Gasteiger partial charge in [0.1, 0.15) is 18.1 Å². The Kier molecular flexibility index (Phi) is 5.01. The molecule has 0 spiro atoms. The van der Waals surface area contributed by atoms with Crippen LogP contribution in [0.4, 0.5) is 11.5 Å². The van der Waals surface area contributed by atoms with Crippen molar-refractivity contribution in [1.82, 2.24) is 9.97 Å². The monoisotopic (exact) mass is 304 g/mol. The van der Waals surface area contributed by atoms with Crippen molar-refractivity contribution in [2.24, 2.45) is 0 Å². The van der Waals surface area contributed by atoms with Gasteiger partial charge >= 0.3 is 0 Å². The van der Waals surface area contributed by atoms with E-state index < -0.39 is 0 Å². The predicted octanol–water partition coefficient (Wildman–Crippen LogP) is 3.54. The van der Waals surface area contributed by atoms with Gasteiger partial charge in [0.05, 0.1) is 0 Å². The summed E-state index contributed by atoms with van der Waals surface area (Å²) < 4.78 is 6.08. The SMILES string of the molecule is CCC1CCCCN1c1ncnc(OC2CCCCC2)c1N. The molecule has 1 aromatic rings. The second-order valence-electron chi connectivity index (χ2n) is 6.55. The number of nitrogens with two attached hydrogens (primary N) is 1. The van der Waals surface area contributed by atoms with Crippen LogP contribution in [0.5, 0.6) is 5.88 Å². The van der Waals surface area contributed by atoms with E-state index in [9.17, 15) is 0 Å². The molecule has 1 atom stereocenters. The third-order valence-electron chi connectivity index (χ3n) is 5.03. The van der Waals surface area contributed by atoms with Crippen molar-refractivity contribution >= 4 is 11.5 Å². The summed E-state index contributed by atoms with van der Waals surface area (Å²) in [6, 6.07) is 0.536. The minimum atomic E-state index is 0.266. The maximum atomic E-state index is 6.36. The Morgan fingerprint density at radius 3 is 2.68 bits per heavy atom. The third-order valence-corrected chi connectivity index (χ3v) is 5.03. The van der Waals surface area contributed by atoms with Gasteiger partial charge in [0.15, 0.2) is 5.82 Å². The second-order valence-corrected chi connectivity index (χ2v) is 6.55. The van der Waals surface area contributed by atoms with Gasteiger partial charge in [-0.2, -0.15) is 4.98 Å². The lowest BCUT2D eigenvalue weighted by atomic mass is 9.98. The zero-order valence-corrected chi connectivity index (χ0v) is 13.6. The molecule has 2 N–H and O–H groups in total. The minimum absolute atomic E-state index is 0.266. The number of ether oxygens (including phenoxy) is 1. The highest BCUT2D eigenvalue weighted by Gasteiger charge is 2.26. The molecule has 1 aromatic heterocycles. The van der Waals surface area contributed by atoms with Crippen LogP contribution in [-0.2, 0) is 0 Å². The van der Waals surface area contributed by atoms with Crippen LogP contribution >= 0.6 is 0 Å². The number of hydrogen-bond donors (Lipinski definition) is 1. The van der Waals surface area contributed by atoms with Gasteiger partial charge in [-0.1, -0.05) is 13.3 Å². The summed E-state index contributed by atoms with van der Waals surface area (Å²) in [4.78, 5) is 11.1. The summed E-state index contributed by atoms with van der Waals surface area (Å²) in [6.07, 6.45) is 12.7. The van der Waals surface area contributed by atoms with Crippen LogP contribution in [0, 0.1) is 0 Å². The largest absolute Gasteiger partial charge is 0.473 e. The first-order valence-corrected chi connectivity index (χ1v) is 8.83. The molecule has 0 amide bonds. The fraction of sp³-hybridized carbons (Fsp3) is 0.765. The Morgan fingerprint density at radius 2 is 1.91 bits per heavy atom. The molecule has 1 saturated carbocycles. The molecule has 2 aliphatic rings. The highest BCUT2D eigenvalue weighted by atomic mass is 16.5. The molecule has 2 fully saturated rings. The molecule has 1 aliphatic carbocycles. The van der Waals surface area contributed by atoms with E-state index >= 15 is 0 Å². The lowest BCUT2D eigenvalue weighted by Gasteiger charge is -2.37. The van der Waals surface area contributed by atoms with Crippen LogP contribution in [0.3, 0.4) is 0 Å². The maximum Gasteiger partial charge on any atom is 0.242 e. The maximum absolute atomic E-state index is 6.36. The third kappa shape index (κ3) is 3.28.